The van der Waals surface area contributed by atoms with E-state index in [9.17, 15) is 0 Å². The van der Waals surface area contributed by atoms with E-state index in [2.05, 4.69) is 12.2 Å². The Bertz CT molecular complexity index is 174. The first-order valence-electron chi connectivity index (χ1n) is 6.31. The lowest BCUT2D eigenvalue weighted by Crippen LogP contribution is -2.45. The minimum Gasteiger partial charge on any atom is -0.381 e. The van der Waals surface area contributed by atoms with Crippen molar-refractivity contribution in [1.82, 2.24) is 5.32 Å². The fourth-order valence-corrected chi connectivity index (χ4v) is 2.62. The number of hydrogen-bond donors (Lipinski definition) is 1. The topological polar surface area (TPSA) is 30.5 Å². The van der Waals surface area contributed by atoms with Crippen molar-refractivity contribution in [1.29, 1.82) is 0 Å². The first kappa shape index (κ1) is 11.4. The maximum absolute atomic E-state index is 5.46. The molecule has 0 bridgehead atoms. The van der Waals surface area contributed by atoms with Crippen LogP contribution in [0.4, 0.5) is 0 Å². The maximum atomic E-state index is 5.46. The Hall–Kier alpha value is -0.120. The fourth-order valence-electron chi connectivity index (χ4n) is 2.62. The highest BCUT2D eigenvalue weighted by Gasteiger charge is 2.26. The third kappa shape index (κ3) is 3.16. The molecule has 0 aliphatic carbocycles. The number of hydrogen-bond acceptors (Lipinski definition) is 3. The average molecular weight is 213 g/mol. The molecular formula is C12H23NO2. The predicted octanol–water partition coefficient (Wildman–Crippen LogP) is 1.57. The van der Waals surface area contributed by atoms with E-state index < -0.39 is 0 Å². The van der Waals surface area contributed by atoms with Gasteiger partial charge in [0.1, 0.15) is 0 Å². The molecule has 2 fully saturated rings. The van der Waals surface area contributed by atoms with Gasteiger partial charge in [-0.05, 0) is 31.6 Å². The maximum Gasteiger partial charge on any atom is 0.0510 e. The molecule has 2 rings (SSSR count). The van der Waals surface area contributed by atoms with Crippen LogP contribution in [-0.2, 0) is 9.47 Å². The van der Waals surface area contributed by atoms with Gasteiger partial charge in [0, 0.05) is 31.9 Å². The molecule has 2 aliphatic heterocycles. The minimum atomic E-state index is 0.649. The molecule has 0 amide bonds. The minimum absolute atomic E-state index is 0.649. The summed E-state index contributed by atoms with van der Waals surface area (Å²) in [7, 11) is 0. The molecule has 88 valence electrons. The van der Waals surface area contributed by atoms with Crippen LogP contribution < -0.4 is 5.32 Å². The second-order valence-electron chi connectivity index (χ2n) is 4.69. The Morgan fingerprint density at radius 2 is 1.87 bits per heavy atom. The summed E-state index contributed by atoms with van der Waals surface area (Å²) in [5, 5.41) is 3.79. The van der Waals surface area contributed by atoms with Crippen LogP contribution in [0.3, 0.4) is 0 Å². The van der Waals surface area contributed by atoms with E-state index in [1.807, 2.05) is 0 Å². The molecular weight excluding hydrogens is 190 g/mol. The summed E-state index contributed by atoms with van der Waals surface area (Å²) < 4.78 is 10.8. The molecule has 2 heterocycles. The molecule has 3 nitrogen and oxygen atoms in total. The van der Waals surface area contributed by atoms with E-state index in [0.29, 0.717) is 12.1 Å². The van der Waals surface area contributed by atoms with Crippen LogP contribution in [0.15, 0.2) is 0 Å². The van der Waals surface area contributed by atoms with Gasteiger partial charge < -0.3 is 14.8 Å². The van der Waals surface area contributed by atoms with Crippen LogP contribution >= 0.6 is 0 Å². The highest BCUT2D eigenvalue weighted by molar-refractivity contribution is 4.82. The quantitative estimate of drug-likeness (QED) is 0.769. The van der Waals surface area contributed by atoms with Gasteiger partial charge in [0.25, 0.3) is 0 Å². The second kappa shape index (κ2) is 5.83. The lowest BCUT2D eigenvalue weighted by Gasteiger charge is -2.30. The summed E-state index contributed by atoms with van der Waals surface area (Å²) in [6.07, 6.45) is 4.79. The van der Waals surface area contributed by atoms with E-state index >= 15 is 0 Å². The zero-order valence-electron chi connectivity index (χ0n) is 9.71. The first-order chi connectivity index (χ1) is 7.40. The van der Waals surface area contributed by atoms with Crippen LogP contribution in [0, 0.1) is 5.92 Å². The molecule has 0 aromatic carbocycles. The van der Waals surface area contributed by atoms with Gasteiger partial charge >= 0.3 is 0 Å². The molecule has 0 aromatic heterocycles. The van der Waals surface area contributed by atoms with Crippen molar-refractivity contribution in [2.75, 3.05) is 26.4 Å². The third-order valence-electron chi connectivity index (χ3n) is 3.64. The van der Waals surface area contributed by atoms with Gasteiger partial charge in [-0.15, -0.1) is 0 Å². The SMILES string of the molecule is CCC(NC1CCOCC1)C1CCOC1. The molecule has 2 saturated heterocycles. The average Bonchev–Trinajstić information content (AvgIpc) is 2.81. The van der Waals surface area contributed by atoms with Gasteiger partial charge in [-0.2, -0.15) is 0 Å². The smallest absolute Gasteiger partial charge is 0.0510 e. The van der Waals surface area contributed by atoms with Gasteiger partial charge in [-0.25, -0.2) is 0 Å². The Morgan fingerprint density at radius 1 is 1.13 bits per heavy atom. The van der Waals surface area contributed by atoms with E-state index in [4.69, 9.17) is 9.47 Å². The standard InChI is InChI=1S/C12H23NO2/c1-2-12(10-3-6-15-9-10)13-11-4-7-14-8-5-11/h10-13H,2-9H2,1H3. The van der Waals surface area contributed by atoms with E-state index in [0.717, 1.165) is 32.3 Å². The van der Waals surface area contributed by atoms with E-state index in [1.165, 1.54) is 25.7 Å². The zero-order chi connectivity index (χ0) is 10.5. The van der Waals surface area contributed by atoms with E-state index in [1.54, 1.807) is 0 Å². The Labute approximate surface area is 92.5 Å². The van der Waals surface area contributed by atoms with Crippen LogP contribution in [-0.4, -0.2) is 38.5 Å². The molecule has 2 unspecified atom stereocenters. The molecule has 2 atom stereocenters. The fraction of sp³-hybridized carbons (Fsp3) is 1.00. The van der Waals surface area contributed by atoms with Gasteiger partial charge in [-0.3, -0.25) is 0 Å². The number of ether oxygens (including phenoxy) is 2. The largest absolute Gasteiger partial charge is 0.381 e. The monoisotopic (exact) mass is 213 g/mol. The molecule has 3 heteroatoms. The van der Waals surface area contributed by atoms with Crippen molar-refractivity contribution < 1.29 is 9.47 Å². The van der Waals surface area contributed by atoms with Crippen molar-refractivity contribution in [3.05, 3.63) is 0 Å². The number of rotatable bonds is 4. The lowest BCUT2D eigenvalue weighted by atomic mass is 9.95. The first-order valence-corrected chi connectivity index (χ1v) is 6.31. The van der Waals surface area contributed by atoms with Crippen molar-refractivity contribution in [3.8, 4) is 0 Å². The van der Waals surface area contributed by atoms with Crippen molar-refractivity contribution >= 4 is 0 Å². The second-order valence-corrected chi connectivity index (χ2v) is 4.69. The summed E-state index contributed by atoms with van der Waals surface area (Å²) in [4.78, 5) is 0. The van der Waals surface area contributed by atoms with Gasteiger partial charge in [0.15, 0.2) is 0 Å². The molecule has 0 spiro atoms. The van der Waals surface area contributed by atoms with Gasteiger partial charge in [0.05, 0.1) is 6.61 Å². The van der Waals surface area contributed by atoms with Crippen LogP contribution in [0.2, 0.25) is 0 Å². The molecule has 2 aliphatic rings. The third-order valence-corrected chi connectivity index (χ3v) is 3.64. The lowest BCUT2D eigenvalue weighted by molar-refractivity contribution is 0.0710. The Balaban J connectivity index is 1.78. The Morgan fingerprint density at radius 3 is 2.47 bits per heavy atom. The van der Waals surface area contributed by atoms with Crippen LogP contribution in [0.1, 0.15) is 32.6 Å². The summed E-state index contributed by atoms with van der Waals surface area (Å²) in [5.74, 6) is 0.734. The molecule has 0 radical (unpaired) electrons. The van der Waals surface area contributed by atoms with Crippen LogP contribution in [0.25, 0.3) is 0 Å². The molecule has 1 N–H and O–H groups in total. The van der Waals surface area contributed by atoms with Gasteiger partial charge in [-0.1, -0.05) is 6.92 Å². The molecule has 15 heavy (non-hydrogen) atoms. The van der Waals surface area contributed by atoms with Crippen molar-refractivity contribution in [3.63, 3.8) is 0 Å². The molecule has 0 aromatic rings. The normalized spacial score (nSPS) is 30.6. The summed E-state index contributed by atoms with van der Waals surface area (Å²) >= 11 is 0. The highest BCUT2D eigenvalue weighted by atomic mass is 16.5. The summed E-state index contributed by atoms with van der Waals surface area (Å²) in [6, 6.07) is 1.32. The van der Waals surface area contributed by atoms with Crippen LogP contribution in [0.5, 0.6) is 0 Å². The Kier molecular flexibility index (Phi) is 4.42. The number of nitrogens with one attached hydrogen (secondary N) is 1. The predicted molar refractivity (Wildman–Crippen MR) is 60.0 cm³/mol. The highest BCUT2D eigenvalue weighted by Crippen LogP contribution is 2.20. The van der Waals surface area contributed by atoms with Crippen molar-refractivity contribution in [2.24, 2.45) is 5.92 Å². The van der Waals surface area contributed by atoms with Gasteiger partial charge in [0.2, 0.25) is 0 Å². The summed E-state index contributed by atoms with van der Waals surface area (Å²) in [5.41, 5.74) is 0. The zero-order valence-corrected chi connectivity index (χ0v) is 9.71. The van der Waals surface area contributed by atoms with E-state index in [-0.39, 0.29) is 0 Å². The van der Waals surface area contributed by atoms with Crippen molar-refractivity contribution in [2.45, 2.75) is 44.7 Å². The summed E-state index contributed by atoms with van der Waals surface area (Å²) in [6.45, 7) is 6.03. The molecule has 0 saturated carbocycles.